The van der Waals surface area contributed by atoms with Crippen LogP contribution in [-0.2, 0) is 6.54 Å². The molecule has 1 aromatic rings. The van der Waals surface area contributed by atoms with Crippen molar-refractivity contribution >= 4 is 5.82 Å². The fraction of sp³-hybridized carbons (Fsp3) is 0.722. The van der Waals surface area contributed by atoms with Gasteiger partial charge in [0.25, 0.3) is 0 Å². The highest BCUT2D eigenvalue weighted by Crippen LogP contribution is 2.20. The van der Waals surface area contributed by atoms with Crippen molar-refractivity contribution in [3.05, 3.63) is 23.9 Å². The molecule has 0 aromatic carbocycles. The Hall–Kier alpha value is -1.09. The van der Waals surface area contributed by atoms with Crippen molar-refractivity contribution in [1.29, 1.82) is 0 Å². The summed E-state index contributed by atoms with van der Waals surface area (Å²) in [7, 11) is 0. The molecule has 3 nitrogen and oxygen atoms in total. The lowest BCUT2D eigenvalue weighted by Gasteiger charge is -2.33. The van der Waals surface area contributed by atoms with E-state index in [0.29, 0.717) is 18.0 Å². The Kier molecular flexibility index (Phi) is 7.73. The van der Waals surface area contributed by atoms with Crippen LogP contribution < -0.4 is 10.2 Å². The fourth-order valence-corrected chi connectivity index (χ4v) is 2.59. The molecule has 0 radical (unpaired) electrons. The monoisotopic (exact) mass is 291 g/mol. The standard InChI is InChI=1S/C18H33N3/c1-7-17(8-2)21(13-14(3)4)18-11-9-10-16(20-18)12-19-15(5)6/h9-11,14-15,17,19H,7-8,12-13H2,1-6H3. The van der Waals surface area contributed by atoms with Gasteiger partial charge in [0, 0.05) is 25.2 Å². The topological polar surface area (TPSA) is 28.2 Å². The van der Waals surface area contributed by atoms with Crippen molar-refractivity contribution in [2.24, 2.45) is 5.92 Å². The van der Waals surface area contributed by atoms with Crippen molar-refractivity contribution in [3.8, 4) is 0 Å². The van der Waals surface area contributed by atoms with Gasteiger partial charge in [-0.05, 0) is 30.9 Å². The molecule has 3 heteroatoms. The molecule has 0 aliphatic rings. The molecule has 0 amide bonds. The van der Waals surface area contributed by atoms with E-state index in [0.717, 1.165) is 24.6 Å². The van der Waals surface area contributed by atoms with Gasteiger partial charge < -0.3 is 10.2 Å². The quantitative estimate of drug-likeness (QED) is 0.738. The van der Waals surface area contributed by atoms with Crippen LogP contribution in [-0.4, -0.2) is 23.6 Å². The van der Waals surface area contributed by atoms with Crippen LogP contribution in [0.2, 0.25) is 0 Å². The average Bonchev–Trinajstić information content (AvgIpc) is 2.45. The summed E-state index contributed by atoms with van der Waals surface area (Å²) in [5.41, 5.74) is 1.13. The smallest absolute Gasteiger partial charge is 0.129 e. The van der Waals surface area contributed by atoms with Gasteiger partial charge in [-0.2, -0.15) is 0 Å². The first-order valence-corrected chi connectivity index (χ1v) is 8.43. The fourth-order valence-electron chi connectivity index (χ4n) is 2.59. The van der Waals surface area contributed by atoms with E-state index in [1.165, 1.54) is 12.8 Å². The van der Waals surface area contributed by atoms with Gasteiger partial charge in [-0.25, -0.2) is 4.98 Å². The number of hydrogen-bond acceptors (Lipinski definition) is 3. The lowest BCUT2D eigenvalue weighted by Crippen LogP contribution is -2.38. The number of anilines is 1. The van der Waals surface area contributed by atoms with E-state index in [9.17, 15) is 0 Å². The molecule has 0 saturated heterocycles. The maximum absolute atomic E-state index is 4.88. The second kappa shape index (κ2) is 9.04. The maximum atomic E-state index is 4.88. The first kappa shape index (κ1) is 18.0. The van der Waals surface area contributed by atoms with E-state index in [-0.39, 0.29) is 0 Å². The molecule has 0 fully saturated rings. The molecule has 1 aromatic heterocycles. The van der Waals surface area contributed by atoms with Crippen LogP contribution >= 0.6 is 0 Å². The highest BCUT2D eigenvalue weighted by atomic mass is 15.2. The molecule has 120 valence electrons. The van der Waals surface area contributed by atoms with Crippen LogP contribution in [0.3, 0.4) is 0 Å². The summed E-state index contributed by atoms with van der Waals surface area (Å²) in [5.74, 6) is 1.77. The first-order chi connectivity index (χ1) is 9.97. The summed E-state index contributed by atoms with van der Waals surface area (Å²) in [4.78, 5) is 7.37. The van der Waals surface area contributed by atoms with E-state index < -0.39 is 0 Å². The number of hydrogen-bond donors (Lipinski definition) is 1. The predicted octanol–water partition coefficient (Wildman–Crippen LogP) is 4.23. The molecule has 0 bridgehead atoms. The van der Waals surface area contributed by atoms with Crippen LogP contribution in [0, 0.1) is 5.92 Å². The Morgan fingerprint density at radius 3 is 2.29 bits per heavy atom. The minimum Gasteiger partial charge on any atom is -0.353 e. The lowest BCUT2D eigenvalue weighted by atomic mass is 10.1. The molecule has 1 heterocycles. The number of nitrogens with zero attached hydrogens (tertiary/aromatic N) is 2. The first-order valence-electron chi connectivity index (χ1n) is 8.43. The third kappa shape index (κ3) is 6.04. The summed E-state index contributed by atoms with van der Waals surface area (Å²) < 4.78 is 0. The van der Waals surface area contributed by atoms with Crippen LogP contribution in [0.4, 0.5) is 5.82 Å². The van der Waals surface area contributed by atoms with Crippen molar-refractivity contribution in [2.75, 3.05) is 11.4 Å². The third-order valence-corrected chi connectivity index (χ3v) is 3.72. The van der Waals surface area contributed by atoms with Gasteiger partial charge in [-0.3, -0.25) is 0 Å². The molecular weight excluding hydrogens is 258 g/mol. The second-order valence-corrected chi connectivity index (χ2v) is 6.54. The zero-order valence-corrected chi connectivity index (χ0v) is 14.7. The Bertz CT molecular complexity index is 397. The average molecular weight is 291 g/mol. The van der Waals surface area contributed by atoms with Crippen molar-refractivity contribution in [3.63, 3.8) is 0 Å². The van der Waals surface area contributed by atoms with Crippen molar-refractivity contribution < 1.29 is 0 Å². The number of pyridine rings is 1. The molecule has 0 saturated carbocycles. The Balaban J connectivity index is 2.93. The minimum absolute atomic E-state index is 0.487. The van der Waals surface area contributed by atoms with Crippen LogP contribution in [0.25, 0.3) is 0 Å². The lowest BCUT2D eigenvalue weighted by molar-refractivity contribution is 0.502. The molecule has 0 aliphatic heterocycles. The van der Waals surface area contributed by atoms with Gasteiger partial charge in [0.1, 0.15) is 5.82 Å². The van der Waals surface area contributed by atoms with Gasteiger partial charge in [0.15, 0.2) is 0 Å². The zero-order chi connectivity index (χ0) is 15.8. The van der Waals surface area contributed by atoms with Crippen LogP contribution in [0.15, 0.2) is 18.2 Å². The van der Waals surface area contributed by atoms with Crippen molar-refractivity contribution in [2.45, 2.75) is 73.0 Å². The van der Waals surface area contributed by atoms with Gasteiger partial charge in [0.2, 0.25) is 0 Å². The zero-order valence-electron chi connectivity index (χ0n) is 14.7. The van der Waals surface area contributed by atoms with Gasteiger partial charge >= 0.3 is 0 Å². The van der Waals surface area contributed by atoms with E-state index >= 15 is 0 Å². The molecule has 0 spiro atoms. The van der Waals surface area contributed by atoms with Gasteiger partial charge in [0.05, 0.1) is 5.69 Å². The van der Waals surface area contributed by atoms with E-state index in [1.807, 2.05) is 0 Å². The van der Waals surface area contributed by atoms with Gasteiger partial charge in [-0.1, -0.05) is 47.6 Å². The van der Waals surface area contributed by atoms with Crippen molar-refractivity contribution in [1.82, 2.24) is 10.3 Å². The van der Waals surface area contributed by atoms with E-state index in [2.05, 4.69) is 70.0 Å². The summed E-state index contributed by atoms with van der Waals surface area (Å²) in [5, 5.41) is 3.44. The van der Waals surface area contributed by atoms with Crippen LogP contribution in [0.5, 0.6) is 0 Å². The molecule has 0 aliphatic carbocycles. The largest absolute Gasteiger partial charge is 0.353 e. The maximum Gasteiger partial charge on any atom is 0.129 e. The second-order valence-electron chi connectivity index (χ2n) is 6.54. The summed E-state index contributed by atoms with van der Waals surface area (Å²) in [6.07, 6.45) is 2.33. The highest BCUT2D eigenvalue weighted by Gasteiger charge is 2.18. The van der Waals surface area contributed by atoms with Crippen LogP contribution in [0.1, 0.15) is 60.1 Å². The SMILES string of the molecule is CCC(CC)N(CC(C)C)c1cccc(CNC(C)C)n1. The van der Waals surface area contributed by atoms with E-state index in [4.69, 9.17) is 4.98 Å². The Morgan fingerprint density at radius 1 is 1.10 bits per heavy atom. The number of rotatable bonds is 9. The Labute approximate surface area is 131 Å². The van der Waals surface area contributed by atoms with E-state index in [1.54, 1.807) is 0 Å². The number of nitrogens with one attached hydrogen (secondary N) is 1. The van der Waals surface area contributed by atoms with Gasteiger partial charge in [-0.15, -0.1) is 0 Å². The number of aromatic nitrogens is 1. The Morgan fingerprint density at radius 2 is 1.76 bits per heavy atom. The summed E-state index contributed by atoms with van der Waals surface area (Å²) in [6.45, 7) is 15.3. The predicted molar refractivity (Wildman–Crippen MR) is 92.8 cm³/mol. The highest BCUT2D eigenvalue weighted by molar-refractivity contribution is 5.40. The summed E-state index contributed by atoms with van der Waals surface area (Å²) >= 11 is 0. The normalized spacial score (nSPS) is 11.7. The molecule has 1 N–H and O–H groups in total. The molecule has 21 heavy (non-hydrogen) atoms. The summed E-state index contributed by atoms with van der Waals surface area (Å²) in [6, 6.07) is 7.46. The molecular formula is C18H33N3. The minimum atomic E-state index is 0.487. The molecule has 1 rings (SSSR count). The molecule has 0 atom stereocenters. The molecule has 0 unspecified atom stereocenters. The third-order valence-electron chi connectivity index (χ3n) is 3.72.